The van der Waals surface area contributed by atoms with Crippen molar-refractivity contribution in [1.82, 2.24) is 9.88 Å². The molecule has 0 aromatic carbocycles. The fourth-order valence-corrected chi connectivity index (χ4v) is 2.32. The Kier molecular flexibility index (Phi) is 5.10. The standard InChI is InChI=1S/C14H20N4O3/c1-18(9-10-4-6-21-7-5-10)14(19)12-3-2-11(8-16-12)13(15)17-20/h2-3,8,10,20H,4-7,9H2,1H3,(H2,15,17). The minimum Gasteiger partial charge on any atom is -0.409 e. The van der Waals surface area contributed by atoms with Crippen molar-refractivity contribution in [2.75, 3.05) is 26.8 Å². The Morgan fingerprint density at radius 3 is 2.81 bits per heavy atom. The quantitative estimate of drug-likeness (QED) is 0.368. The van der Waals surface area contributed by atoms with Gasteiger partial charge in [0.25, 0.3) is 5.91 Å². The van der Waals surface area contributed by atoms with Crippen LogP contribution in [0.3, 0.4) is 0 Å². The first kappa shape index (κ1) is 15.2. The lowest BCUT2D eigenvalue weighted by atomic mass is 10.00. The second-order valence-electron chi connectivity index (χ2n) is 5.16. The van der Waals surface area contributed by atoms with E-state index in [1.807, 2.05) is 0 Å². The van der Waals surface area contributed by atoms with Gasteiger partial charge in [-0.05, 0) is 30.9 Å². The molecule has 0 spiro atoms. The van der Waals surface area contributed by atoms with E-state index in [0.29, 0.717) is 23.7 Å². The molecular formula is C14H20N4O3. The molecule has 0 bridgehead atoms. The summed E-state index contributed by atoms with van der Waals surface area (Å²) in [6.07, 6.45) is 3.38. The van der Waals surface area contributed by atoms with Crippen LogP contribution in [0.5, 0.6) is 0 Å². The number of nitrogens with two attached hydrogens (primary N) is 1. The number of carbonyl (C=O) groups excluding carboxylic acids is 1. The van der Waals surface area contributed by atoms with Crippen LogP contribution in [-0.4, -0.2) is 53.6 Å². The Balaban J connectivity index is 1.98. The molecule has 114 valence electrons. The summed E-state index contributed by atoms with van der Waals surface area (Å²) in [4.78, 5) is 18.0. The summed E-state index contributed by atoms with van der Waals surface area (Å²) in [7, 11) is 1.77. The van der Waals surface area contributed by atoms with Crippen molar-refractivity contribution in [3.8, 4) is 0 Å². The number of aromatic nitrogens is 1. The molecule has 1 aromatic heterocycles. The van der Waals surface area contributed by atoms with Crippen LogP contribution < -0.4 is 5.73 Å². The molecule has 2 rings (SSSR count). The van der Waals surface area contributed by atoms with Gasteiger partial charge in [-0.1, -0.05) is 5.16 Å². The third-order valence-corrected chi connectivity index (χ3v) is 3.61. The van der Waals surface area contributed by atoms with Crippen molar-refractivity contribution in [1.29, 1.82) is 0 Å². The predicted molar refractivity (Wildman–Crippen MR) is 77.3 cm³/mol. The predicted octanol–water partition coefficient (Wildman–Crippen LogP) is 0.675. The highest BCUT2D eigenvalue weighted by molar-refractivity contribution is 5.98. The first-order valence-electron chi connectivity index (χ1n) is 6.89. The summed E-state index contributed by atoms with van der Waals surface area (Å²) < 4.78 is 5.31. The first-order valence-corrected chi connectivity index (χ1v) is 6.89. The summed E-state index contributed by atoms with van der Waals surface area (Å²) in [6.45, 7) is 2.23. The molecule has 1 aliphatic heterocycles. The van der Waals surface area contributed by atoms with Gasteiger partial charge < -0.3 is 20.6 Å². The van der Waals surface area contributed by atoms with E-state index in [0.717, 1.165) is 26.1 Å². The summed E-state index contributed by atoms with van der Waals surface area (Å²) in [5, 5.41) is 11.5. The van der Waals surface area contributed by atoms with Gasteiger partial charge >= 0.3 is 0 Å². The van der Waals surface area contributed by atoms with E-state index in [9.17, 15) is 4.79 Å². The molecule has 7 nitrogen and oxygen atoms in total. The van der Waals surface area contributed by atoms with Crippen LogP contribution in [0, 0.1) is 5.92 Å². The normalized spacial score (nSPS) is 16.7. The number of nitrogens with zero attached hydrogens (tertiary/aromatic N) is 3. The molecular weight excluding hydrogens is 272 g/mol. The zero-order valence-corrected chi connectivity index (χ0v) is 12.0. The van der Waals surface area contributed by atoms with Gasteiger partial charge in [0.2, 0.25) is 0 Å². The molecule has 7 heteroatoms. The molecule has 0 aliphatic carbocycles. The fourth-order valence-electron chi connectivity index (χ4n) is 2.32. The molecule has 1 amide bonds. The van der Waals surface area contributed by atoms with E-state index in [4.69, 9.17) is 15.7 Å². The summed E-state index contributed by atoms with van der Waals surface area (Å²) in [5.74, 6) is 0.314. The van der Waals surface area contributed by atoms with Crippen LogP contribution in [0.25, 0.3) is 0 Å². The van der Waals surface area contributed by atoms with Crippen LogP contribution >= 0.6 is 0 Å². The van der Waals surface area contributed by atoms with Gasteiger partial charge in [0.1, 0.15) is 5.69 Å². The molecule has 0 unspecified atom stereocenters. The second kappa shape index (κ2) is 7.03. The van der Waals surface area contributed by atoms with Gasteiger partial charge in [0, 0.05) is 38.6 Å². The zero-order chi connectivity index (χ0) is 15.2. The van der Waals surface area contributed by atoms with Crippen LogP contribution in [-0.2, 0) is 4.74 Å². The van der Waals surface area contributed by atoms with E-state index in [1.54, 1.807) is 24.1 Å². The highest BCUT2D eigenvalue weighted by Crippen LogP contribution is 2.16. The van der Waals surface area contributed by atoms with E-state index < -0.39 is 0 Å². The Morgan fingerprint density at radius 2 is 2.24 bits per heavy atom. The molecule has 21 heavy (non-hydrogen) atoms. The van der Waals surface area contributed by atoms with Gasteiger partial charge in [0.15, 0.2) is 5.84 Å². The SMILES string of the molecule is CN(CC1CCOCC1)C(=O)c1ccc(C(N)=NO)cn1. The number of rotatable bonds is 4. The molecule has 0 saturated carbocycles. The van der Waals surface area contributed by atoms with Crippen molar-refractivity contribution in [2.24, 2.45) is 16.8 Å². The lowest BCUT2D eigenvalue weighted by Gasteiger charge is -2.27. The van der Waals surface area contributed by atoms with E-state index in [1.165, 1.54) is 6.20 Å². The lowest BCUT2D eigenvalue weighted by molar-refractivity contribution is 0.0495. The van der Waals surface area contributed by atoms with Crippen molar-refractivity contribution in [3.05, 3.63) is 29.6 Å². The second-order valence-corrected chi connectivity index (χ2v) is 5.16. The number of pyridine rings is 1. The smallest absolute Gasteiger partial charge is 0.272 e. The number of amidine groups is 1. The molecule has 3 N–H and O–H groups in total. The van der Waals surface area contributed by atoms with Gasteiger partial charge in [-0.25, -0.2) is 0 Å². The molecule has 1 saturated heterocycles. The van der Waals surface area contributed by atoms with Gasteiger partial charge in [-0.2, -0.15) is 0 Å². The topological polar surface area (TPSA) is 101 Å². The van der Waals surface area contributed by atoms with Crippen molar-refractivity contribution in [3.63, 3.8) is 0 Å². The molecule has 1 aromatic rings. The van der Waals surface area contributed by atoms with Crippen molar-refractivity contribution < 1.29 is 14.7 Å². The Morgan fingerprint density at radius 1 is 1.52 bits per heavy atom. The Labute approximate surface area is 123 Å². The largest absolute Gasteiger partial charge is 0.409 e. The van der Waals surface area contributed by atoms with Crippen LogP contribution in [0.2, 0.25) is 0 Å². The fraction of sp³-hybridized carbons (Fsp3) is 0.500. The Bertz CT molecular complexity index is 509. The van der Waals surface area contributed by atoms with Crippen molar-refractivity contribution in [2.45, 2.75) is 12.8 Å². The molecule has 0 atom stereocenters. The maximum Gasteiger partial charge on any atom is 0.272 e. The van der Waals surface area contributed by atoms with E-state index in [-0.39, 0.29) is 11.7 Å². The average molecular weight is 292 g/mol. The number of amides is 1. The van der Waals surface area contributed by atoms with Crippen molar-refractivity contribution >= 4 is 11.7 Å². The summed E-state index contributed by atoms with van der Waals surface area (Å²) >= 11 is 0. The summed E-state index contributed by atoms with van der Waals surface area (Å²) in [5.41, 5.74) is 6.28. The first-order chi connectivity index (χ1) is 10.1. The Hall–Kier alpha value is -2.15. The van der Waals surface area contributed by atoms with Crippen LogP contribution in [0.15, 0.2) is 23.5 Å². The number of ether oxygens (including phenoxy) is 1. The van der Waals surface area contributed by atoms with Gasteiger partial charge in [-0.3, -0.25) is 9.78 Å². The monoisotopic (exact) mass is 292 g/mol. The molecule has 2 heterocycles. The highest BCUT2D eigenvalue weighted by atomic mass is 16.5. The molecule has 1 aliphatic rings. The number of oxime groups is 1. The maximum atomic E-state index is 12.3. The highest BCUT2D eigenvalue weighted by Gasteiger charge is 2.20. The van der Waals surface area contributed by atoms with E-state index >= 15 is 0 Å². The minimum absolute atomic E-state index is 0.0305. The third-order valence-electron chi connectivity index (χ3n) is 3.61. The van der Waals surface area contributed by atoms with E-state index in [2.05, 4.69) is 10.1 Å². The third kappa shape index (κ3) is 3.91. The zero-order valence-electron chi connectivity index (χ0n) is 12.0. The van der Waals surface area contributed by atoms with Crippen LogP contribution in [0.4, 0.5) is 0 Å². The number of hydrogen-bond donors (Lipinski definition) is 2. The molecule has 0 radical (unpaired) electrons. The van der Waals surface area contributed by atoms with Crippen LogP contribution in [0.1, 0.15) is 28.9 Å². The average Bonchev–Trinajstić information content (AvgIpc) is 2.54. The number of hydrogen-bond acceptors (Lipinski definition) is 5. The lowest BCUT2D eigenvalue weighted by Crippen LogP contribution is -2.34. The molecule has 1 fully saturated rings. The number of carbonyl (C=O) groups is 1. The van der Waals surface area contributed by atoms with Gasteiger partial charge in [0.05, 0.1) is 0 Å². The summed E-state index contributed by atoms with van der Waals surface area (Å²) in [6, 6.07) is 3.19. The minimum atomic E-state index is -0.132. The van der Waals surface area contributed by atoms with Gasteiger partial charge in [-0.15, -0.1) is 0 Å². The maximum absolute atomic E-state index is 12.3.